The molecule has 1 aromatic carbocycles. The van der Waals surface area contributed by atoms with E-state index in [9.17, 15) is 4.79 Å². The predicted octanol–water partition coefficient (Wildman–Crippen LogP) is 3.68. The van der Waals surface area contributed by atoms with E-state index in [4.69, 9.17) is 0 Å². The van der Waals surface area contributed by atoms with Gasteiger partial charge in [0, 0.05) is 31.1 Å². The highest BCUT2D eigenvalue weighted by Crippen LogP contribution is 2.36. The first-order valence-electron chi connectivity index (χ1n) is 7.90. The van der Waals surface area contributed by atoms with Crippen LogP contribution in [0.3, 0.4) is 0 Å². The van der Waals surface area contributed by atoms with E-state index in [1.165, 1.54) is 6.42 Å². The molecule has 0 spiro atoms. The number of anilines is 1. The van der Waals surface area contributed by atoms with Crippen LogP contribution >= 0.6 is 0 Å². The van der Waals surface area contributed by atoms with Crippen LogP contribution in [0.1, 0.15) is 50.4 Å². The van der Waals surface area contributed by atoms with Gasteiger partial charge in [0.1, 0.15) is 0 Å². The van der Waals surface area contributed by atoms with E-state index in [1.807, 2.05) is 43.3 Å². The average Bonchev–Trinajstić information content (AvgIpc) is 2.42. The van der Waals surface area contributed by atoms with Crippen LogP contribution < -0.4 is 10.3 Å². The Morgan fingerprint density at radius 1 is 1.36 bits per heavy atom. The topological polar surface area (TPSA) is 44.7 Å². The van der Waals surface area contributed by atoms with E-state index in [0.717, 1.165) is 24.2 Å². The first-order valence-corrected chi connectivity index (χ1v) is 7.90. The highest BCUT2D eigenvalue weighted by Gasteiger charge is 2.29. The Kier molecular flexibility index (Phi) is 4.89. The van der Waals surface area contributed by atoms with Crippen LogP contribution in [0.15, 0.2) is 29.4 Å². The van der Waals surface area contributed by atoms with Crippen LogP contribution in [0.25, 0.3) is 0 Å². The van der Waals surface area contributed by atoms with Crippen LogP contribution in [0.2, 0.25) is 0 Å². The summed E-state index contributed by atoms with van der Waals surface area (Å²) in [4.78, 5) is 14.2. The molecule has 1 aliphatic rings. The van der Waals surface area contributed by atoms with Gasteiger partial charge in [-0.2, -0.15) is 5.10 Å². The molecule has 1 amide bonds. The number of rotatable bonds is 3. The summed E-state index contributed by atoms with van der Waals surface area (Å²) in [5.41, 5.74) is 5.74. The van der Waals surface area contributed by atoms with Crippen LogP contribution in [0, 0.1) is 11.3 Å². The molecular weight excluding hydrogens is 274 g/mol. The zero-order valence-electron chi connectivity index (χ0n) is 14.3. The van der Waals surface area contributed by atoms with Crippen molar-refractivity contribution in [2.24, 2.45) is 16.4 Å². The van der Waals surface area contributed by atoms with E-state index < -0.39 is 0 Å². The number of hydrogen-bond acceptors (Lipinski definition) is 3. The second-order valence-electron chi connectivity index (χ2n) is 7.42. The van der Waals surface area contributed by atoms with Gasteiger partial charge in [-0.1, -0.05) is 26.8 Å². The first kappa shape index (κ1) is 16.5. The van der Waals surface area contributed by atoms with Gasteiger partial charge in [-0.25, -0.2) is 5.43 Å². The van der Waals surface area contributed by atoms with Crippen molar-refractivity contribution in [3.8, 4) is 0 Å². The lowest BCUT2D eigenvalue weighted by atomic mass is 9.72. The van der Waals surface area contributed by atoms with E-state index in [2.05, 4.69) is 31.3 Å². The van der Waals surface area contributed by atoms with Crippen molar-refractivity contribution in [1.29, 1.82) is 0 Å². The molecule has 1 aliphatic carbocycles. The molecule has 0 radical (unpaired) electrons. The van der Waals surface area contributed by atoms with Gasteiger partial charge in [0.05, 0.1) is 0 Å². The van der Waals surface area contributed by atoms with Crippen molar-refractivity contribution < 1.29 is 4.79 Å². The molecule has 4 heteroatoms. The van der Waals surface area contributed by atoms with Crippen molar-refractivity contribution in [3.63, 3.8) is 0 Å². The van der Waals surface area contributed by atoms with Gasteiger partial charge in [-0.05, 0) is 48.8 Å². The third kappa shape index (κ3) is 4.33. The van der Waals surface area contributed by atoms with Crippen molar-refractivity contribution in [2.45, 2.75) is 40.0 Å². The number of carbonyl (C=O) groups is 1. The molecule has 2 rings (SSSR count). The van der Waals surface area contributed by atoms with Crippen molar-refractivity contribution in [2.75, 3.05) is 19.0 Å². The van der Waals surface area contributed by atoms with Gasteiger partial charge in [0.25, 0.3) is 5.91 Å². The zero-order valence-corrected chi connectivity index (χ0v) is 14.3. The fourth-order valence-corrected chi connectivity index (χ4v) is 3.32. The molecule has 1 N–H and O–H groups in total. The van der Waals surface area contributed by atoms with Crippen LogP contribution in [0.5, 0.6) is 0 Å². The predicted molar refractivity (Wildman–Crippen MR) is 92.5 cm³/mol. The molecule has 1 atom stereocenters. The summed E-state index contributed by atoms with van der Waals surface area (Å²) >= 11 is 0. The first-order chi connectivity index (χ1) is 10.3. The normalized spacial score (nSPS) is 22.4. The van der Waals surface area contributed by atoms with Crippen LogP contribution in [-0.4, -0.2) is 25.7 Å². The fraction of sp³-hybridized carbons (Fsp3) is 0.556. The fourth-order valence-electron chi connectivity index (χ4n) is 3.32. The van der Waals surface area contributed by atoms with E-state index in [-0.39, 0.29) is 11.3 Å². The lowest BCUT2D eigenvalue weighted by Crippen LogP contribution is -2.30. The SMILES string of the molecule is CC1CC(=NNC(=O)c2cccc(N(C)C)c2)CC(C)(C)C1. The zero-order chi connectivity index (χ0) is 16.3. The minimum absolute atomic E-state index is 0.146. The van der Waals surface area contributed by atoms with Gasteiger partial charge in [-0.15, -0.1) is 0 Å². The molecule has 0 heterocycles. The second-order valence-corrected chi connectivity index (χ2v) is 7.42. The highest BCUT2D eigenvalue weighted by atomic mass is 16.2. The number of carbonyl (C=O) groups excluding carboxylic acids is 1. The number of hydrogen-bond donors (Lipinski definition) is 1. The maximum absolute atomic E-state index is 12.3. The molecule has 4 nitrogen and oxygen atoms in total. The van der Waals surface area contributed by atoms with Gasteiger partial charge in [0.2, 0.25) is 0 Å². The third-order valence-corrected chi connectivity index (χ3v) is 4.11. The third-order valence-electron chi connectivity index (χ3n) is 4.11. The Balaban J connectivity index is 2.06. The van der Waals surface area contributed by atoms with Crippen molar-refractivity contribution in [1.82, 2.24) is 5.43 Å². The molecule has 1 fully saturated rings. The largest absolute Gasteiger partial charge is 0.378 e. The summed E-state index contributed by atoms with van der Waals surface area (Å²) in [7, 11) is 3.92. The molecule has 0 bridgehead atoms. The molecule has 120 valence electrons. The smallest absolute Gasteiger partial charge is 0.271 e. The number of hydrazone groups is 1. The number of nitrogens with one attached hydrogen (secondary N) is 1. The summed E-state index contributed by atoms with van der Waals surface area (Å²) in [6.07, 6.45) is 3.14. The van der Waals surface area contributed by atoms with Crippen LogP contribution in [-0.2, 0) is 0 Å². The van der Waals surface area contributed by atoms with Crippen molar-refractivity contribution >= 4 is 17.3 Å². The average molecular weight is 301 g/mol. The molecule has 0 aliphatic heterocycles. The summed E-state index contributed by atoms with van der Waals surface area (Å²) in [5.74, 6) is 0.476. The van der Waals surface area contributed by atoms with E-state index in [1.54, 1.807) is 0 Å². The van der Waals surface area contributed by atoms with Gasteiger partial charge in [-0.3, -0.25) is 4.79 Å². The standard InChI is InChI=1S/C18H27N3O/c1-13-9-15(12-18(2,3)11-13)19-20-17(22)14-7-6-8-16(10-14)21(4)5/h6-8,10,13H,9,11-12H2,1-5H3,(H,20,22). The van der Waals surface area contributed by atoms with Gasteiger partial charge in [0.15, 0.2) is 0 Å². The second kappa shape index (κ2) is 6.51. The Labute approximate surface area is 133 Å². The minimum atomic E-state index is -0.146. The quantitative estimate of drug-likeness (QED) is 0.865. The van der Waals surface area contributed by atoms with E-state index >= 15 is 0 Å². The Bertz CT molecular complexity index is 575. The molecule has 0 aromatic heterocycles. The Morgan fingerprint density at radius 2 is 2.09 bits per heavy atom. The highest BCUT2D eigenvalue weighted by molar-refractivity contribution is 5.96. The van der Waals surface area contributed by atoms with Gasteiger partial charge >= 0.3 is 0 Å². The van der Waals surface area contributed by atoms with E-state index in [0.29, 0.717) is 11.5 Å². The maximum atomic E-state index is 12.3. The van der Waals surface area contributed by atoms with Crippen LogP contribution in [0.4, 0.5) is 5.69 Å². The van der Waals surface area contributed by atoms with Crippen molar-refractivity contribution in [3.05, 3.63) is 29.8 Å². The summed E-state index contributed by atoms with van der Waals surface area (Å²) < 4.78 is 0. The molecular formula is C18H27N3O. The molecule has 0 saturated heterocycles. The molecule has 22 heavy (non-hydrogen) atoms. The Hall–Kier alpha value is -1.84. The number of nitrogens with zero attached hydrogens (tertiary/aromatic N) is 2. The lowest BCUT2D eigenvalue weighted by Gasteiger charge is -2.34. The summed E-state index contributed by atoms with van der Waals surface area (Å²) in [5, 5.41) is 4.38. The minimum Gasteiger partial charge on any atom is -0.378 e. The summed E-state index contributed by atoms with van der Waals surface area (Å²) in [6.45, 7) is 6.78. The number of benzene rings is 1. The van der Waals surface area contributed by atoms with Gasteiger partial charge < -0.3 is 4.90 Å². The maximum Gasteiger partial charge on any atom is 0.271 e. The Morgan fingerprint density at radius 3 is 2.73 bits per heavy atom. The molecule has 1 aromatic rings. The molecule has 1 unspecified atom stereocenters. The lowest BCUT2D eigenvalue weighted by molar-refractivity contribution is 0.0954. The molecule has 1 saturated carbocycles. The number of amides is 1. The summed E-state index contributed by atoms with van der Waals surface area (Å²) in [6, 6.07) is 7.57. The monoisotopic (exact) mass is 301 g/mol.